The summed E-state index contributed by atoms with van der Waals surface area (Å²) in [6, 6.07) is 0. The van der Waals surface area contributed by atoms with E-state index in [9.17, 15) is 13.6 Å². The summed E-state index contributed by atoms with van der Waals surface area (Å²) >= 11 is 0. The molecular weight excluding hydrogens is 266 g/mol. The van der Waals surface area contributed by atoms with E-state index in [0.717, 1.165) is 0 Å². The fraction of sp³-hybridized carbons (Fsp3) is 0.929. The van der Waals surface area contributed by atoms with Crippen LogP contribution in [-0.4, -0.2) is 66.6 Å². The Hall–Kier alpha value is -0.750. The average Bonchev–Trinajstić information content (AvgIpc) is 2.26. The number of alkyl halides is 2. The van der Waals surface area contributed by atoms with Crippen LogP contribution in [0.2, 0.25) is 0 Å². The molecule has 0 heterocycles. The van der Waals surface area contributed by atoms with Crippen LogP contribution >= 0.6 is 0 Å². The maximum absolute atomic E-state index is 12.4. The maximum atomic E-state index is 12.4. The highest BCUT2D eigenvalue weighted by Gasteiger charge is 2.20. The second-order valence-corrected chi connectivity index (χ2v) is 5.94. The van der Waals surface area contributed by atoms with Crippen LogP contribution in [0.25, 0.3) is 0 Å². The molecule has 0 atom stereocenters. The Morgan fingerprint density at radius 3 is 1.90 bits per heavy atom. The number of halogens is 2. The molecule has 1 amide bonds. The molecule has 0 aliphatic carbocycles. The highest BCUT2D eigenvalue weighted by atomic mass is 19.3. The van der Waals surface area contributed by atoms with E-state index >= 15 is 0 Å². The van der Waals surface area contributed by atoms with E-state index < -0.39 is 13.0 Å². The van der Waals surface area contributed by atoms with Crippen molar-refractivity contribution in [2.75, 3.05) is 39.3 Å². The highest BCUT2D eigenvalue weighted by molar-refractivity contribution is 5.78. The number of carbonyl (C=O) groups excluding carboxylic acids is 1. The minimum absolute atomic E-state index is 0.0651. The molecule has 0 aliphatic rings. The molecule has 0 saturated carbocycles. The first kappa shape index (κ1) is 19.2. The Bertz CT molecular complexity index is 264. The van der Waals surface area contributed by atoms with Gasteiger partial charge in [0, 0.05) is 19.6 Å². The summed E-state index contributed by atoms with van der Waals surface area (Å²) in [5, 5.41) is 8.88. The van der Waals surface area contributed by atoms with Crippen molar-refractivity contribution in [3.8, 4) is 0 Å². The molecule has 0 aromatic rings. The zero-order valence-electron chi connectivity index (χ0n) is 13.0. The fourth-order valence-electron chi connectivity index (χ4n) is 2.02. The van der Waals surface area contributed by atoms with Crippen molar-refractivity contribution in [2.45, 2.75) is 34.1 Å². The predicted molar refractivity (Wildman–Crippen MR) is 75.8 cm³/mol. The lowest BCUT2D eigenvalue weighted by Crippen LogP contribution is -2.45. The van der Waals surface area contributed by atoms with E-state index in [1.807, 2.05) is 27.7 Å². The minimum Gasteiger partial charge on any atom is -0.395 e. The van der Waals surface area contributed by atoms with Gasteiger partial charge in [0.15, 0.2) is 0 Å². The smallest absolute Gasteiger partial charge is 0.251 e. The SMILES string of the molecule is CC(C)CN(CC(C)C)C(=O)CN(CCO)CC(F)F. The largest absolute Gasteiger partial charge is 0.395 e. The molecular formula is C14H28F2N2O2. The van der Waals surface area contributed by atoms with Crippen molar-refractivity contribution >= 4 is 5.91 Å². The molecule has 0 radical (unpaired) electrons. The molecule has 20 heavy (non-hydrogen) atoms. The van der Waals surface area contributed by atoms with Crippen LogP contribution in [0.15, 0.2) is 0 Å². The van der Waals surface area contributed by atoms with Crippen molar-refractivity contribution < 1.29 is 18.7 Å². The number of aliphatic hydroxyl groups excluding tert-OH is 1. The number of carbonyl (C=O) groups is 1. The topological polar surface area (TPSA) is 43.8 Å². The Morgan fingerprint density at radius 1 is 1.05 bits per heavy atom. The third kappa shape index (κ3) is 9.20. The maximum Gasteiger partial charge on any atom is 0.251 e. The number of amides is 1. The first-order valence-electron chi connectivity index (χ1n) is 7.15. The van der Waals surface area contributed by atoms with Gasteiger partial charge < -0.3 is 10.0 Å². The third-order valence-electron chi connectivity index (χ3n) is 2.70. The molecule has 0 bridgehead atoms. The van der Waals surface area contributed by atoms with Gasteiger partial charge in [0.05, 0.1) is 19.7 Å². The van der Waals surface area contributed by atoms with E-state index in [0.29, 0.717) is 24.9 Å². The van der Waals surface area contributed by atoms with Crippen LogP contribution in [0.4, 0.5) is 8.78 Å². The van der Waals surface area contributed by atoms with Crippen molar-refractivity contribution in [3.05, 3.63) is 0 Å². The third-order valence-corrected chi connectivity index (χ3v) is 2.70. The van der Waals surface area contributed by atoms with Gasteiger partial charge in [-0.25, -0.2) is 8.78 Å². The molecule has 120 valence electrons. The first-order chi connectivity index (χ1) is 9.26. The summed E-state index contributed by atoms with van der Waals surface area (Å²) in [7, 11) is 0. The number of nitrogens with zero attached hydrogens (tertiary/aromatic N) is 2. The molecule has 4 nitrogen and oxygen atoms in total. The summed E-state index contributed by atoms with van der Waals surface area (Å²) in [5.74, 6) is 0.514. The monoisotopic (exact) mass is 294 g/mol. The number of aliphatic hydroxyl groups is 1. The van der Waals surface area contributed by atoms with Gasteiger partial charge in [0.1, 0.15) is 0 Å². The Labute approximate surface area is 120 Å². The van der Waals surface area contributed by atoms with E-state index in [4.69, 9.17) is 5.11 Å². The van der Waals surface area contributed by atoms with Crippen LogP contribution in [0, 0.1) is 11.8 Å². The Balaban J connectivity index is 4.59. The highest BCUT2D eigenvalue weighted by Crippen LogP contribution is 2.06. The molecule has 0 unspecified atom stereocenters. The molecule has 0 saturated heterocycles. The normalized spacial score (nSPS) is 11.9. The number of hydrogen-bond acceptors (Lipinski definition) is 3. The van der Waals surface area contributed by atoms with Crippen LogP contribution in [0.1, 0.15) is 27.7 Å². The Morgan fingerprint density at radius 2 is 1.55 bits per heavy atom. The lowest BCUT2D eigenvalue weighted by molar-refractivity contribution is -0.134. The van der Waals surface area contributed by atoms with Gasteiger partial charge in [-0.1, -0.05) is 27.7 Å². The summed E-state index contributed by atoms with van der Waals surface area (Å²) in [6.07, 6.45) is -2.50. The van der Waals surface area contributed by atoms with E-state index in [2.05, 4.69) is 0 Å². The van der Waals surface area contributed by atoms with Crippen LogP contribution < -0.4 is 0 Å². The van der Waals surface area contributed by atoms with Crippen molar-refractivity contribution in [1.82, 2.24) is 9.80 Å². The standard InChI is InChI=1S/C14H28F2N2O2/c1-11(2)7-18(8-12(3)4)14(20)10-17(5-6-19)9-13(15)16/h11-13,19H,5-10H2,1-4H3. The molecule has 0 aliphatic heterocycles. The predicted octanol–water partition coefficient (Wildman–Crippen LogP) is 1.69. The van der Waals surface area contributed by atoms with Gasteiger partial charge >= 0.3 is 0 Å². The molecule has 0 aromatic carbocycles. The van der Waals surface area contributed by atoms with Gasteiger partial charge in [-0.05, 0) is 11.8 Å². The van der Waals surface area contributed by atoms with Gasteiger partial charge in [0.2, 0.25) is 5.91 Å². The lowest BCUT2D eigenvalue weighted by Gasteiger charge is -2.29. The van der Waals surface area contributed by atoms with Crippen LogP contribution in [0.5, 0.6) is 0 Å². The fourth-order valence-corrected chi connectivity index (χ4v) is 2.02. The Kier molecular flexibility index (Phi) is 9.67. The average molecular weight is 294 g/mol. The molecule has 6 heteroatoms. The summed E-state index contributed by atoms with van der Waals surface area (Å²) < 4.78 is 24.9. The van der Waals surface area contributed by atoms with Gasteiger partial charge in [-0.15, -0.1) is 0 Å². The molecule has 0 fully saturated rings. The van der Waals surface area contributed by atoms with Crippen LogP contribution in [0.3, 0.4) is 0 Å². The van der Waals surface area contributed by atoms with Crippen molar-refractivity contribution in [1.29, 1.82) is 0 Å². The van der Waals surface area contributed by atoms with Gasteiger partial charge in [0.25, 0.3) is 6.43 Å². The zero-order valence-corrected chi connectivity index (χ0v) is 13.0. The molecule has 0 rings (SSSR count). The quantitative estimate of drug-likeness (QED) is 0.667. The van der Waals surface area contributed by atoms with Gasteiger partial charge in [-0.3, -0.25) is 9.69 Å². The molecule has 0 aromatic heterocycles. The first-order valence-corrected chi connectivity index (χ1v) is 7.15. The second-order valence-electron chi connectivity index (χ2n) is 5.94. The second kappa shape index (κ2) is 10.0. The van der Waals surface area contributed by atoms with Crippen LogP contribution in [-0.2, 0) is 4.79 Å². The minimum atomic E-state index is -2.50. The summed E-state index contributed by atoms with van der Waals surface area (Å²) in [5.41, 5.74) is 0. The van der Waals surface area contributed by atoms with E-state index in [1.165, 1.54) is 4.90 Å². The summed E-state index contributed by atoms with van der Waals surface area (Å²) in [6.45, 7) is 8.64. The lowest BCUT2D eigenvalue weighted by atomic mass is 10.1. The number of rotatable bonds is 10. The van der Waals surface area contributed by atoms with Gasteiger partial charge in [-0.2, -0.15) is 0 Å². The molecule has 1 N–H and O–H groups in total. The van der Waals surface area contributed by atoms with E-state index in [1.54, 1.807) is 4.90 Å². The van der Waals surface area contributed by atoms with Crippen molar-refractivity contribution in [2.24, 2.45) is 11.8 Å². The number of hydrogen-bond donors (Lipinski definition) is 1. The van der Waals surface area contributed by atoms with E-state index in [-0.39, 0.29) is 25.6 Å². The van der Waals surface area contributed by atoms with Crippen molar-refractivity contribution in [3.63, 3.8) is 0 Å². The summed E-state index contributed by atoms with van der Waals surface area (Å²) in [4.78, 5) is 15.3. The zero-order chi connectivity index (χ0) is 15.7. The molecule has 0 spiro atoms.